The van der Waals surface area contributed by atoms with Crippen molar-refractivity contribution < 1.29 is 9.59 Å². The van der Waals surface area contributed by atoms with E-state index >= 15 is 0 Å². The first-order valence-corrected chi connectivity index (χ1v) is 7.73. The van der Waals surface area contributed by atoms with Crippen molar-refractivity contribution in [3.63, 3.8) is 0 Å². The van der Waals surface area contributed by atoms with E-state index in [9.17, 15) is 9.59 Å². The van der Waals surface area contributed by atoms with Crippen LogP contribution in [0, 0.1) is 0 Å². The molecule has 120 valence electrons. The van der Waals surface area contributed by atoms with E-state index in [0.717, 1.165) is 5.69 Å². The van der Waals surface area contributed by atoms with Gasteiger partial charge in [-0.25, -0.2) is 0 Å². The summed E-state index contributed by atoms with van der Waals surface area (Å²) in [7, 11) is 0. The van der Waals surface area contributed by atoms with Gasteiger partial charge in [0.15, 0.2) is 0 Å². The number of hydrogen-bond acceptors (Lipinski definition) is 3. The van der Waals surface area contributed by atoms with Crippen LogP contribution in [0.3, 0.4) is 0 Å². The van der Waals surface area contributed by atoms with Gasteiger partial charge in [0.25, 0.3) is 5.91 Å². The van der Waals surface area contributed by atoms with Gasteiger partial charge in [-0.3, -0.25) is 14.6 Å². The van der Waals surface area contributed by atoms with E-state index < -0.39 is 0 Å². The van der Waals surface area contributed by atoms with Crippen molar-refractivity contribution in [2.75, 3.05) is 6.54 Å². The molecule has 2 amide bonds. The maximum Gasteiger partial charge on any atom is 0.251 e. The summed E-state index contributed by atoms with van der Waals surface area (Å²) in [5.41, 5.74) is 1.37. The Morgan fingerprint density at radius 2 is 1.83 bits per heavy atom. The molecule has 5 nitrogen and oxygen atoms in total. The summed E-state index contributed by atoms with van der Waals surface area (Å²) in [6.45, 7) is 0.856. The molecule has 1 aromatic carbocycles. The lowest BCUT2D eigenvalue weighted by atomic mass is 10.2. The van der Waals surface area contributed by atoms with Crippen molar-refractivity contribution in [2.24, 2.45) is 0 Å². The van der Waals surface area contributed by atoms with Crippen molar-refractivity contribution in [3.05, 3.63) is 64.9 Å². The van der Waals surface area contributed by atoms with Gasteiger partial charge in [0.2, 0.25) is 5.91 Å². The van der Waals surface area contributed by atoms with Gasteiger partial charge in [-0.1, -0.05) is 17.7 Å². The second-order valence-corrected chi connectivity index (χ2v) is 5.40. The predicted octanol–water partition coefficient (Wildman–Crippen LogP) is 2.56. The van der Waals surface area contributed by atoms with Crippen LogP contribution in [0.4, 0.5) is 0 Å². The maximum atomic E-state index is 11.8. The molecule has 0 aliphatic rings. The number of rotatable bonds is 7. The third kappa shape index (κ3) is 6.08. The highest BCUT2D eigenvalue weighted by Gasteiger charge is 2.06. The number of pyridine rings is 1. The van der Waals surface area contributed by atoms with Crippen molar-refractivity contribution in [1.29, 1.82) is 0 Å². The van der Waals surface area contributed by atoms with Gasteiger partial charge < -0.3 is 10.6 Å². The summed E-state index contributed by atoms with van der Waals surface area (Å²) in [5, 5.41) is 6.16. The lowest BCUT2D eigenvalue weighted by molar-refractivity contribution is -0.121. The number of aromatic nitrogens is 1. The zero-order valence-corrected chi connectivity index (χ0v) is 13.3. The Kier molecular flexibility index (Phi) is 6.56. The minimum absolute atomic E-state index is 0.0589. The molecule has 0 atom stereocenters. The fraction of sp³-hybridized carbons (Fsp3) is 0.235. The molecule has 6 heteroatoms. The van der Waals surface area contributed by atoms with Crippen LogP contribution in [0.15, 0.2) is 48.7 Å². The lowest BCUT2D eigenvalue weighted by Crippen LogP contribution is -2.27. The monoisotopic (exact) mass is 331 g/mol. The first kappa shape index (κ1) is 17.0. The quantitative estimate of drug-likeness (QED) is 0.766. The van der Waals surface area contributed by atoms with E-state index in [4.69, 9.17) is 11.6 Å². The molecule has 0 bridgehead atoms. The Balaban J connectivity index is 1.62. The van der Waals surface area contributed by atoms with Crippen LogP contribution in [0.25, 0.3) is 0 Å². The predicted molar refractivity (Wildman–Crippen MR) is 89.1 cm³/mol. The summed E-state index contributed by atoms with van der Waals surface area (Å²) in [5.74, 6) is -0.230. The third-order valence-electron chi connectivity index (χ3n) is 3.17. The smallest absolute Gasteiger partial charge is 0.251 e. The van der Waals surface area contributed by atoms with E-state index in [1.54, 1.807) is 30.5 Å². The third-order valence-corrected chi connectivity index (χ3v) is 3.42. The molecule has 0 fully saturated rings. The summed E-state index contributed by atoms with van der Waals surface area (Å²) in [4.78, 5) is 27.7. The molecule has 2 N–H and O–H groups in total. The van der Waals surface area contributed by atoms with Gasteiger partial charge in [-0.05, 0) is 42.8 Å². The summed E-state index contributed by atoms with van der Waals surface area (Å²) >= 11 is 5.77. The molecule has 23 heavy (non-hydrogen) atoms. The number of nitrogens with zero attached hydrogens (tertiary/aromatic N) is 1. The summed E-state index contributed by atoms with van der Waals surface area (Å²) in [6.07, 6.45) is 2.62. The van der Waals surface area contributed by atoms with E-state index in [2.05, 4.69) is 15.6 Å². The standard InChI is InChI=1S/C17H18ClN3O2/c18-14-8-6-13(7-9-14)17(23)20-11-3-5-16(22)21-12-15-4-1-2-10-19-15/h1-2,4,6-10H,3,5,11-12H2,(H,20,23)(H,21,22). The van der Waals surface area contributed by atoms with E-state index in [0.29, 0.717) is 36.5 Å². The number of carbonyl (C=O) groups is 2. The summed E-state index contributed by atoms with van der Waals surface area (Å²) in [6, 6.07) is 12.2. The Bertz CT molecular complexity index is 645. The first-order chi connectivity index (χ1) is 11.1. The SMILES string of the molecule is O=C(CCCNC(=O)c1ccc(Cl)cc1)NCc1ccccn1. The van der Waals surface area contributed by atoms with Crippen LogP contribution in [0.2, 0.25) is 5.02 Å². The van der Waals surface area contributed by atoms with Crippen LogP contribution in [0.1, 0.15) is 28.9 Å². The number of amides is 2. The molecule has 0 radical (unpaired) electrons. The van der Waals surface area contributed by atoms with Gasteiger partial charge in [-0.2, -0.15) is 0 Å². The zero-order valence-electron chi connectivity index (χ0n) is 12.6. The highest BCUT2D eigenvalue weighted by molar-refractivity contribution is 6.30. The highest BCUT2D eigenvalue weighted by Crippen LogP contribution is 2.09. The van der Waals surface area contributed by atoms with E-state index in [1.807, 2.05) is 18.2 Å². The molecule has 0 saturated carbocycles. The van der Waals surface area contributed by atoms with Gasteiger partial charge >= 0.3 is 0 Å². The molecule has 2 rings (SSSR count). The largest absolute Gasteiger partial charge is 0.352 e. The Labute approximate surface area is 140 Å². The van der Waals surface area contributed by atoms with Crippen molar-refractivity contribution in [3.8, 4) is 0 Å². The molecular weight excluding hydrogens is 314 g/mol. The van der Waals surface area contributed by atoms with Gasteiger partial charge in [0, 0.05) is 29.7 Å². The molecule has 0 aliphatic carbocycles. The average Bonchev–Trinajstić information content (AvgIpc) is 2.58. The summed E-state index contributed by atoms with van der Waals surface area (Å²) < 4.78 is 0. The van der Waals surface area contributed by atoms with Crippen LogP contribution < -0.4 is 10.6 Å². The molecule has 0 saturated heterocycles. The molecule has 2 aromatic rings. The number of carbonyl (C=O) groups excluding carboxylic acids is 2. The lowest BCUT2D eigenvalue weighted by Gasteiger charge is -2.06. The zero-order chi connectivity index (χ0) is 16.5. The molecular formula is C17H18ClN3O2. The van der Waals surface area contributed by atoms with Crippen molar-refractivity contribution >= 4 is 23.4 Å². The number of nitrogens with one attached hydrogen (secondary N) is 2. The Hall–Kier alpha value is -2.40. The molecule has 1 heterocycles. The number of halogens is 1. The molecule has 0 unspecified atom stereocenters. The average molecular weight is 332 g/mol. The molecule has 0 spiro atoms. The van der Waals surface area contributed by atoms with Crippen molar-refractivity contribution in [2.45, 2.75) is 19.4 Å². The van der Waals surface area contributed by atoms with Crippen LogP contribution in [-0.4, -0.2) is 23.3 Å². The van der Waals surface area contributed by atoms with Crippen LogP contribution >= 0.6 is 11.6 Å². The topological polar surface area (TPSA) is 71.1 Å². The van der Waals surface area contributed by atoms with Gasteiger partial charge in [0.1, 0.15) is 0 Å². The van der Waals surface area contributed by atoms with Gasteiger partial charge in [0.05, 0.1) is 12.2 Å². The van der Waals surface area contributed by atoms with E-state index in [-0.39, 0.29) is 11.8 Å². The number of benzene rings is 1. The van der Waals surface area contributed by atoms with Gasteiger partial charge in [-0.15, -0.1) is 0 Å². The van der Waals surface area contributed by atoms with Crippen LogP contribution in [0.5, 0.6) is 0 Å². The minimum atomic E-state index is -0.171. The minimum Gasteiger partial charge on any atom is -0.352 e. The highest BCUT2D eigenvalue weighted by atomic mass is 35.5. The van der Waals surface area contributed by atoms with E-state index in [1.165, 1.54) is 0 Å². The first-order valence-electron chi connectivity index (χ1n) is 7.35. The van der Waals surface area contributed by atoms with Crippen molar-refractivity contribution in [1.82, 2.24) is 15.6 Å². The normalized spacial score (nSPS) is 10.1. The fourth-order valence-electron chi connectivity index (χ4n) is 1.93. The second kappa shape index (κ2) is 8.90. The Morgan fingerprint density at radius 1 is 1.04 bits per heavy atom. The molecule has 0 aliphatic heterocycles. The van der Waals surface area contributed by atoms with Crippen LogP contribution in [-0.2, 0) is 11.3 Å². The second-order valence-electron chi connectivity index (χ2n) is 4.96. The maximum absolute atomic E-state index is 11.8. The molecule has 1 aromatic heterocycles. The fourth-order valence-corrected chi connectivity index (χ4v) is 2.06. The number of hydrogen-bond donors (Lipinski definition) is 2. The Morgan fingerprint density at radius 3 is 2.52 bits per heavy atom.